The van der Waals surface area contributed by atoms with E-state index in [9.17, 15) is 0 Å². The Morgan fingerprint density at radius 2 is 1.68 bits per heavy atom. The van der Waals surface area contributed by atoms with Gasteiger partial charge in [-0.15, -0.1) is 10.2 Å². The maximum absolute atomic E-state index is 6.17. The van der Waals surface area contributed by atoms with Gasteiger partial charge < -0.3 is 9.15 Å². The lowest BCUT2D eigenvalue weighted by molar-refractivity contribution is 0.0546. The molecule has 1 aromatic heterocycles. The molecule has 25 heavy (non-hydrogen) atoms. The number of ether oxygens (including phenoxy) is 1. The van der Waals surface area contributed by atoms with E-state index in [-0.39, 0.29) is 5.41 Å². The predicted molar refractivity (Wildman–Crippen MR) is 96.8 cm³/mol. The zero-order chi connectivity index (χ0) is 17.3. The number of halogens is 1. The highest BCUT2D eigenvalue weighted by molar-refractivity contribution is 6.30. The van der Waals surface area contributed by atoms with E-state index in [2.05, 4.69) is 10.2 Å². The van der Waals surface area contributed by atoms with E-state index in [1.165, 1.54) is 0 Å². The zero-order valence-corrected chi connectivity index (χ0v) is 14.8. The number of hydrogen-bond acceptors (Lipinski definition) is 4. The molecule has 0 bridgehead atoms. The van der Waals surface area contributed by atoms with Crippen LogP contribution in [0.5, 0.6) is 0 Å². The molecule has 4 rings (SSSR count). The third-order valence-corrected chi connectivity index (χ3v) is 5.20. The van der Waals surface area contributed by atoms with Gasteiger partial charge in [0.2, 0.25) is 11.8 Å². The summed E-state index contributed by atoms with van der Waals surface area (Å²) < 4.78 is 11.8. The lowest BCUT2D eigenvalue weighted by Gasteiger charge is -2.34. The molecule has 128 valence electrons. The van der Waals surface area contributed by atoms with Crippen molar-refractivity contribution in [2.24, 2.45) is 0 Å². The van der Waals surface area contributed by atoms with Crippen LogP contribution in [0.2, 0.25) is 5.02 Å². The SMILES string of the molecule is Cc1ccccc1-c1nnc(C2(c3ccc(Cl)cc3)CCOCC2)o1. The van der Waals surface area contributed by atoms with Gasteiger partial charge >= 0.3 is 0 Å². The van der Waals surface area contributed by atoms with Crippen LogP contribution in [0.15, 0.2) is 52.9 Å². The monoisotopic (exact) mass is 354 g/mol. The van der Waals surface area contributed by atoms with Crippen LogP contribution < -0.4 is 0 Å². The van der Waals surface area contributed by atoms with Crippen LogP contribution in [0, 0.1) is 6.92 Å². The summed E-state index contributed by atoms with van der Waals surface area (Å²) in [6, 6.07) is 15.9. The number of hydrogen-bond donors (Lipinski definition) is 0. The molecule has 0 amide bonds. The maximum atomic E-state index is 6.17. The van der Waals surface area contributed by atoms with Crippen molar-refractivity contribution >= 4 is 11.6 Å². The van der Waals surface area contributed by atoms with Crippen molar-refractivity contribution in [3.8, 4) is 11.5 Å². The Hall–Kier alpha value is -2.17. The van der Waals surface area contributed by atoms with E-state index in [1.807, 2.05) is 55.5 Å². The lowest BCUT2D eigenvalue weighted by Crippen LogP contribution is -2.35. The second kappa shape index (κ2) is 6.62. The van der Waals surface area contributed by atoms with E-state index in [1.54, 1.807) is 0 Å². The molecule has 0 unspecified atom stereocenters. The maximum Gasteiger partial charge on any atom is 0.248 e. The first-order valence-electron chi connectivity index (χ1n) is 8.43. The predicted octanol–water partition coefficient (Wildman–Crippen LogP) is 4.79. The van der Waals surface area contributed by atoms with Gasteiger partial charge in [-0.05, 0) is 49.1 Å². The minimum absolute atomic E-state index is 0.323. The van der Waals surface area contributed by atoms with Crippen LogP contribution >= 0.6 is 11.6 Å². The van der Waals surface area contributed by atoms with Crippen molar-refractivity contribution in [3.05, 3.63) is 70.6 Å². The molecule has 1 aliphatic heterocycles. The van der Waals surface area contributed by atoms with E-state index >= 15 is 0 Å². The largest absolute Gasteiger partial charge is 0.420 e. The molecule has 0 atom stereocenters. The Balaban J connectivity index is 1.79. The van der Waals surface area contributed by atoms with E-state index in [0.717, 1.165) is 34.6 Å². The van der Waals surface area contributed by atoms with Gasteiger partial charge in [0.1, 0.15) is 0 Å². The Morgan fingerprint density at radius 3 is 2.40 bits per heavy atom. The van der Waals surface area contributed by atoms with Gasteiger partial charge in [-0.2, -0.15) is 0 Å². The Bertz CT molecular complexity index is 867. The summed E-state index contributed by atoms with van der Waals surface area (Å²) in [7, 11) is 0. The molecule has 1 fully saturated rings. The number of rotatable bonds is 3. The standard InChI is InChI=1S/C20H19ClN2O2/c1-14-4-2-3-5-17(14)18-22-23-19(25-18)20(10-12-24-13-11-20)15-6-8-16(21)9-7-15/h2-9H,10-13H2,1H3. The van der Waals surface area contributed by atoms with Crippen molar-refractivity contribution in [2.45, 2.75) is 25.2 Å². The molecule has 0 spiro atoms. The number of aryl methyl sites for hydroxylation is 1. The fraction of sp³-hybridized carbons (Fsp3) is 0.300. The summed E-state index contributed by atoms with van der Waals surface area (Å²) in [6.45, 7) is 3.39. The fourth-order valence-electron chi connectivity index (χ4n) is 3.45. The third-order valence-electron chi connectivity index (χ3n) is 4.95. The van der Waals surface area contributed by atoms with Gasteiger partial charge in [0, 0.05) is 23.8 Å². The van der Waals surface area contributed by atoms with E-state index in [4.69, 9.17) is 20.8 Å². The molecule has 4 nitrogen and oxygen atoms in total. The quantitative estimate of drug-likeness (QED) is 0.678. The van der Waals surface area contributed by atoms with Crippen LogP contribution in [0.1, 0.15) is 29.9 Å². The van der Waals surface area contributed by atoms with Crippen molar-refractivity contribution in [3.63, 3.8) is 0 Å². The summed E-state index contributed by atoms with van der Waals surface area (Å²) in [6.07, 6.45) is 1.62. The first-order chi connectivity index (χ1) is 12.2. The normalized spacial score (nSPS) is 16.7. The molecule has 1 aliphatic rings. The summed E-state index contributed by atoms with van der Waals surface area (Å²) in [4.78, 5) is 0. The summed E-state index contributed by atoms with van der Waals surface area (Å²) in [5.74, 6) is 1.21. The first kappa shape index (κ1) is 16.3. The number of nitrogens with zero attached hydrogens (tertiary/aromatic N) is 2. The zero-order valence-electron chi connectivity index (χ0n) is 14.0. The molecule has 2 aromatic carbocycles. The van der Waals surface area contributed by atoms with Crippen molar-refractivity contribution in [1.82, 2.24) is 10.2 Å². The van der Waals surface area contributed by atoms with Crippen LogP contribution in [0.3, 0.4) is 0 Å². The Kier molecular flexibility index (Phi) is 4.32. The van der Waals surface area contributed by atoms with Gasteiger partial charge in [-0.25, -0.2) is 0 Å². The molecule has 1 saturated heterocycles. The summed E-state index contributed by atoms with van der Waals surface area (Å²) in [5.41, 5.74) is 2.90. The Labute approximate surface area is 151 Å². The second-order valence-electron chi connectivity index (χ2n) is 6.43. The molecule has 3 aromatic rings. The smallest absolute Gasteiger partial charge is 0.248 e. The average Bonchev–Trinajstić information content (AvgIpc) is 3.14. The molecule has 2 heterocycles. The lowest BCUT2D eigenvalue weighted by atomic mass is 9.74. The Morgan fingerprint density at radius 1 is 0.960 bits per heavy atom. The molecule has 5 heteroatoms. The molecule has 0 saturated carbocycles. The molecule has 0 N–H and O–H groups in total. The molecule has 0 aliphatic carbocycles. The van der Waals surface area contributed by atoms with Crippen LogP contribution in [-0.2, 0) is 10.2 Å². The van der Waals surface area contributed by atoms with Gasteiger partial charge in [0.15, 0.2) is 0 Å². The van der Waals surface area contributed by atoms with E-state index in [0.29, 0.717) is 25.0 Å². The highest BCUT2D eigenvalue weighted by Gasteiger charge is 2.41. The minimum atomic E-state index is -0.323. The van der Waals surface area contributed by atoms with Crippen LogP contribution in [0.25, 0.3) is 11.5 Å². The van der Waals surface area contributed by atoms with Crippen molar-refractivity contribution in [2.75, 3.05) is 13.2 Å². The van der Waals surface area contributed by atoms with Gasteiger partial charge in [-0.3, -0.25) is 0 Å². The summed E-state index contributed by atoms with van der Waals surface area (Å²) >= 11 is 6.07. The van der Waals surface area contributed by atoms with Gasteiger partial charge in [-0.1, -0.05) is 41.9 Å². The minimum Gasteiger partial charge on any atom is -0.420 e. The van der Waals surface area contributed by atoms with Gasteiger partial charge in [0.25, 0.3) is 0 Å². The summed E-state index contributed by atoms with van der Waals surface area (Å²) in [5, 5.41) is 9.47. The average molecular weight is 355 g/mol. The second-order valence-corrected chi connectivity index (χ2v) is 6.87. The molecular weight excluding hydrogens is 336 g/mol. The van der Waals surface area contributed by atoms with Crippen molar-refractivity contribution in [1.29, 1.82) is 0 Å². The van der Waals surface area contributed by atoms with Crippen molar-refractivity contribution < 1.29 is 9.15 Å². The number of benzene rings is 2. The van der Waals surface area contributed by atoms with Gasteiger partial charge in [0.05, 0.1) is 5.41 Å². The van der Waals surface area contributed by atoms with Crippen LogP contribution in [0.4, 0.5) is 0 Å². The van der Waals surface area contributed by atoms with E-state index < -0.39 is 0 Å². The highest BCUT2D eigenvalue weighted by atomic mass is 35.5. The molecular formula is C20H19ClN2O2. The topological polar surface area (TPSA) is 48.2 Å². The fourth-order valence-corrected chi connectivity index (χ4v) is 3.58. The number of aromatic nitrogens is 2. The molecule has 0 radical (unpaired) electrons. The first-order valence-corrected chi connectivity index (χ1v) is 8.81. The highest BCUT2D eigenvalue weighted by Crippen LogP contribution is 2.41. The van der Waals surface area contributed by atoms with Crippen LogP contribution in [-0.4, -0.2) is 23.4 Å². The third kappa shape index (κ3) is 2.96.